The van der Waals surface area contributed by atoms with Crippen LogP contribution in [0.1, 0.15) is 25.8 Å². The number of nitrogens with one attached hydrogen (secondary N) is 1. The van der Waals surface area contributed by atoms with Crippen LogP contribution in [0.2, 0.25) is 0 Å². The van der Waals surface area contributed by atoms with Crippen LogP contribution in [0.3, 0.4) is 0 Å². The lowest BCUT2D eigenvalue weighted by Gasteiger charge is -2.15. The van der Waals surface area contributed by atoms with Gasteiger partial charge in [0, 0.05) is 17.4 Å². The topological polar surface area (TPSA) is 38.0 Å². The molecular formula is C11H18N2. The molecule has 1 rings (SSSR count). The van der Waals surface area contributed by atoms with Gasteiger partial charge in [0.1, 0.15) is 0 Å². The molecule has 1 unspecified atom stereocenters. The number of hydrogen-bond donors (Lipinski definition) is 2. The minimum atomic E-state index is 0.500. The molecule has 0 aliphatic rings. The first-order valence-electron chi connectivity index (χ1n) is 4.76. The van der Waals surface area contributed by atoms with Gasteiger partial charge in [0.2, 0.25) is 0 Å². The molecule has 0 spiro atoms. The Labute approximate surface area is 80.1 Å². The maximum absolute atomic E-state index is 5.70. The van der Waals surface area contributed by atoms with Gasteiger partial charge in [-0.2, -0.15) is 0 Å². The predicted molar refractivity (Wildman–Crippen MR) is 59.0 cm³/mol. The molecule has 1 atom stereocenters. The highest BCUT2D eigenvalue weighted by atomic mass is 14.9. The molecule has 0 aliphatic carbocycles. The predicted octanol–water partition coefficient (Wildman–Crippen LogP) is 2.79. The van der Waals surface area contributed by atoms with Crippen molar-refractivity contribution in [2.75, 3.05) is 11.1 Å². The average molecular weight is 178 g/mol. The lowest BCUT2D eigenvalue weighted by atomic mass is 10.1. The minimum Gasteiger partial charge on any atom is -0.399 e. The molecule has 0 heterocycles. The summed E-state index contributed by atoms with van der Waals surface area (Å²) in [4.78, 5) is 0. The minimum absolute atomic E-state index is 0.500. The summed E-state index contributed by atoms with van der Waals surface area (Å²) < 4.78 is 0. The van der Waals surface area contributed by atoms with Gasteiger partial charge >= 0.3 is 0 Å². The Hall–Kier alpha value is -1.18. The number of aryl methyl sites for hydroxylation is 1. The van der Waals surface area contributed by atoms with E-state index in [9.17, 15) is 0 Å². The molecular weight excluding hydrogens is 160 g/mol. The molecule has 13 heavy (non-hydrogen) atoms. The van der Waals surface area contributed by atoms with E-state index >= 15 is 0 Å². The van der Waals surface area contributed by atoms with Crippen LogP contribution in [0.15, 0.2) is 18.2 Å². The molecule has 0 fully saturated rings. The normalized spacial score (nSPS) is 12.5. The van der Waals surface area contributed by atoms with Crippen molar-refractivity contribution < 1.29 is 0 Å². The summed E-state index contributed by atoms with van der Waals surface area (Å²) in [7, 11) is 0. The maximum Gasteiger partial charge on any atom is 0.0392 e. The second-order valence-corrected chi connectivity index (χ2v) is 3.53. The van der Waals surface area contributed by atoms with Crippen molar-refractivity contribution >= 4 is 11.4 Å². The maximum atomic E-state index is 5.70. The van der Waals surface area contributed by atoms with Gasteiger partial charge in [0.15, 0.2) is 0 Å². The molecule has 0 saturated heterocycles. The number of anilines is 2. The zero-order valence-corrected chi connectivity index (χ0v) is 8.59. The third-order valence-electron chi connectivity index (χ3n) is 2.28. The van der Waals surface area contributed by atoms with Crippen molar-refractivity contribution in [1.29, 1.82) is 0 Å². The standard InChI is InChI=1S/C11H18N2/c1-4-9(3)13-11-7-10(12)6-5-8(11)2/h5-7,9,13H,4,12H2,1-3H3. The number of nitrogens with two attached hydrogens (primary N) is 1. The van der Waals surface area contributed by atoms with Gasteiger partial charge in [-0.15, -0.1) is 0 Å². The quantitative estimate of drug-likeness (QED) is 0.698. The fourth-order valence-corrected chi connectivity index (χ4v) is 1.16. The first kappa shape index (κ1) is 9.90. The molecule has 0 amide bonds. The van der Waals surface area contributed by atoms with E-state index < -0.39 is 0 Å². The van der Waals surface area contributed by atoms with Crippen LogP contribution in [0.4, 0.5) is 11.4 Å². The van der Waals surface area contributed by atoms with E-state index in [1.54, 1.807) is 0 Å². The molecule has 0 aliphatic heterocycles. The Morgan fingerprint density at radius 2 is 2.15 bits per heavy atom. The number of nitrogen functional groups attached to an aromatic ring is 1. The number of benzene rings is 1. The fourth-order valence-electron chi connectivity index (χ4n) is 1.16. The van der Waals surface area contributed by atoms with Gasteiger partial charge < -0.3 is 11.1 Å². The van der Waals surface area contributed by atoms with Crippen LogP contribution in [0.25, 0.3) is 0 Å². The van der Waals surface area contributed by atoms with Crippen LogP contribution >= 0.6 is 0 Å². The third-order valence-corrected chi connectivity index (χ3v) is 2.28. The van der Waals surface area contributed by atoms with Crippen molar-refractivity contribution in [3.8, 4) is 0 Å². The Morgan fingerprint density at radius 3 is 2.77 bits per heavy atom. The second kappa shape index (κ2) is 4.17. The monoisotopic (exact) mass is 178 g/mol. The highest BCUT2D eigenvalue weighted by Gasteiger charge is 2.01. The second-order valence-electron chi connectivity index (χ2n) is 3.53. The molecule has 2 heteroatoms. The van der Waals surface area contributed by atoms with Gasteiger partial charge in [-0.05, 0) is 38.0 Å². The van der Waals surface area contributed by atoms with Gasteiger partial charge in [0.05, 0.1) is 0 Å². The van der Waals surface area contributed by atoms with E-state index in [1.807, 2.05) is 18.2 Å². The molecule has 1 aromatic rings. The zero-order valence-electron chi connectivity index (χ0n) is 8.59. The van der Waals surface area contributed by atoms with Crippen LogP contribution in [0, 0.1) is 6.92 Å². The van der Waals surface area contributed by atoms with Crippen LogP contribution in [-0.2, 0) is 0 Å². The molecule has 1 aromatic carbocycles. The molecule has 0 radical (unpaired) electrons. The number of rotatable bonds is 3. The molecule has 72 valence electrons. The van der Waals surface area contributed by atoms with Crippen LogP contribution in [0.5, 0.6) is 0 Å². The SMILES string of the molecule is CCC(C)Nc1cc(N)ccc1C. The Balaban J connectivity index is 2.81. The lowest BCUT2D eigenvalue weighted by molar-refractivity contribution is 0.763. The van der Waals surface area contributed by atoms with Crippen molar-refractivity contribution in [2.45, 2.75) is 33.2 Å². The highest BCUT2D eigenvalue weighted by Crippen LogP contribution is 2.19. The smallest absolute Gasteiger partial charge is 0.0392 e. The Morgan fingerprint density at radius 1 is 1.46 bits per heavy atom. The van der Waals surface area contributed by atoms with Crippen molar-refractivity contribution in [2.24, 2.45) is 0 Å². The van der Waals surface area contributed by atoms with E-state index in [0.717, 1.165) is 17.8 Å². The zero-order chi connectivity index (χ0) is 9.84. The fraction of sp³-hybridized carbons (Fsp3) is 0.455. The van der Waals surface area contributed by atoms with Crippen LogP contribution in [-0.4, -0.2) is 6.04 Å². The van der Waals surface area contributed by atoms with Gasteiger partial charge in [-0.1, -0.05) is 13.0 Å². The summed E-state index contributed by atoms with van der Waals surface area (Å²) in [6, 6.07) is 6.46. The summed E-state index contributed by atoms with van der Waals surface area (Å²) in [5.74, 6) is 0. The summed E-state index contributed by atoms with van der Waals surface area (Å²) in [6.07, 6.45) is 1.12. The van der Waals surface area contributed by atoms with E-state index in [2.05, 4.69) is 26.1 Å². The highest BCUT2D eigenvalue weighted by molar-refractivity contribution is 5.59. The Bertz CT molecular complexity index is 281. The first-order chi connectivity index (χ1) is 6.13. The van der Waals surface area contributed by atoms with Crippen molar-refractivity contribution in [1.82, 2.24) is 0 Å². The molecule has 0 saturated carbocycles. The van der Waals surface area contributed by atoms with Crippen LogP contribution < -0.4 is 11.1 Å². The summed E-state index contributed by atoms with van der Waals surface area (Å²) in [5, 5.41) is 3.42. The molecule has 2 nitrogen and oxygen atoms in total. The van der Waals surface area contributed by atoms with E-state index in [4.69, 9.17) is 5.73 Å². The van der Waals surface area contributed by atoms with E-state index in [0.29, 0.717) is 6.04 Å². The van der Waals surface area contributed by atoms with Gasteiger partial charge in [0.25, 0.3) is 0 Å². The van der Waals surface area contributed by atoms with Crippen molar-refractivity contribution in [3.63, 3.8) is 0 Å². The lowest BCUT2D eigenvalue weighted by Crippen LogP contribution is -2.14. The summed E-state index contributed by atoms with van der Waals surface area (Å²) in [5.41, 5.74) is 8.91. The summed E-state index contributed by atoms with van der Waals surface area (Å²) in [6.45, 7) is 6.42. The first-order valence-corrected chi connectivity index (χ1v) is 4.76. The third kappa shape index (κ3) is 2.65. The average Bonchev–Trinajstić information content (AvgIpc) is 2.11. The summed E-state index contributed by atoms with van der Waals surface area (Å²) >= 11 is 0. The number of hydrogen-bond acceptors (Lipinski definition) is 2. The molecule has 3 N–H and O–H groups in total. The van der Waals surface area contributed by atoms with Gasteiger partial charge in [-0.3, -0.25) is 0 Å². The van der Waals surface area contributed by atoms with E-state index in [1.165, 1.54) is 5.56 Å². The van der Waals surface area contributed by atoms with Crippen molar-refractivity contribution in [3.05, 3.63) is 23.8 Å². The largest absolute Gasteiger partial charge is 0.399 e. The Kier molecular flexibility index (Phi) is 3.18. The van der Waals surface area contributed by atoms with Gasteiger partial charge in [-0.25, -0.2) is 0 Å². The van der Waals surface area contributed by atoms with E-state index in [-0.39, 0.29) is 0 Å². The molecule has 0 aromatic heterocycles. The molecule has 0 bridgehead atoms.